The molecule has 1 aromatic carbocycles. The molecule has 5 heteroatoms. The summed E-state index contributed by atoms with van der Waals surface area (Å²) in [6, 6.07) is 5.51. The van der Waals surface area contributed by atoms with E-state index in [2.05, 4.69) is 5.32 Å². The van der Waals surface area contributed by atoms with Crippen LogP contribution in [0.25, 0.3) is 0 Å². The molecule has 0 spiro atoms. The minimum atomic E-state index is -1.02. The number of unbranched alkanes of at least 4 members (excludes halogenated alkanes) is 1. The van der Waals surface area contributed by atoms with Gasteiger partial charge in [-0.2, -0.15) is 0 Å². The third kappa shape index (κ3) is 5.42. The minimum Gasteiger partial charge on any atom is -0.508 e. The Balaban J connectivity index is 2.55. The minimum absolute atomic E-state index is 0.0598. The summed E-state index contributed by atoms with van der Waals surface area (Å²) in [5, 5.41) is 20.8. The molecule has 0 saturated carbocycles. The number of phenolic OH excluding ortho intramolecular Hbond substituents is 1. The number of rotatable bonds is 7. The number of amides is 1. The maximum Gasteiger partial charge on any atom is 0.326 e. The largest absolute Gasteiger partial charge is 0.508 e. The highest BCUT2D eigenvalue weighted by Gasteiger charge is 2.19. The summed E-state index contributed by atoms with van der Waals surface area (Å²) < 4.78 is 0. The molecular formula is C14H19NO4. The Morgan fingerprint density at radius 3 is 2.68 bits per heavy atom. The zero-order valence-electron chi connectivity index (χ0n) is 10.9. The van der Waals surface area contributed by atoms with E-state index in [9.17, 15) is 14.7 Å². The van der Waals surface area contributed by atoms with Gasteiger partial charge in [0.05, 0.1) is 6.42 Å². The van der Waals surface area contributed by atoms with Crippen molar-refractivity contribution in [2.24, 2.45) is 0 Å². The van der Waals surface area contributed by atoms with Crippen LogP contribution in [0.1, 0.15) is 31.7 Å². The van der Waals surface area contributed by atoms with Crippen LogP contribution < -0.4 is 5.32 Å². The van der Waals surface area contributed by atoms with Crippen molar-refractivity contribution in [2.75, 3.05) is 0 Å². The van der Waals surface area contributed by atoms with Crippen molar-refractivity contribution < 1.29 is 19.8 Å². The lowest BCUT2D eigenvalue weighted by Gasteiger charge is -2.14. The smallest absolute Gasteiger partial charge is 0.326 e. The van der Waals surface area contributed by atoms with Crippen LogP contribution in [0.4, 0.5) is 0 Å². The number of aromatic hydroxyl groups is 1. The van der Waals surface area contributed by atoms with Crippen LogP contribution in [0.3, 0.4) is 0 Å². The Hall–Kier alpha value is -2.04. The van der Waals surface area contributed by atoms with Gasteiger partial charge < -0.3 is 15.5 Å². The number of carbonyl (C=O) groups excluding carboxylic acids is 1. The zero-order chi connectivity index (χ0) is 14.3. The average molecular weight is 265 g/mol. The number of phenols is 1. The van der Waals surface area contributed by atoms with E-state index < -0.39 is 12.0 Å². The number of benzene rings is 1. The number of carboxylic acids is 1. The van der Waals surface area contributed by atoms with Gasteiger partial charge in [-0.25, -0.2) is 4.79 Å². The van der Waals surface area contributed by atoms with Crippen LogP contribution >= 0.6 is 0 Å². The molecule has 104 valence electrons. The second-order valence-corrected chi connectivity index (χ2v) is 4.45. The van der Waals surface area contributed by atoms with Crippen molar-refractivity contribution >= 4 is 11.9 Å². The van der Waals surface area contributed by atoms with E-state index in [0.29, 0.717) is 12.0 Å². The zero-order valence-corrected chi connectivity index (χ0v) is 10.9. The van der Waals surface area contributed by atoms with E-state index in [-0.39, 0.29) is 18.1 Å². The SMILES string of the molecule is CCCCC(NC(=O)Cc1cccc(O)c1)C(=O)O. The molecule has 1 atom stereocenters. The Kier molecular flexibility index (Phi) is 5.85. The topological polar surface area (TPSA) is 86.6 Å². The van der Waals surface area contributed by atoms with Gasteiger partial charge in [-0.05, 0) is 24.1 Å². The monoisotopic (exact) mass is 265 g/mol. The molecule has 0 aliphatic rings. The maximum atomic E-state index is 11.7. The van der Waals surface area contributed by atoms with Crippen molar-refractivity contribution in [1.29, 1.82) is 0 Å². The molecule has 0 saturated heterocycles. The van der Waals surface area contributed by atoms with Crippen molar-refractivity contribution in [3.63, 3.8) is 0 Å². The Labute approximate surface area is 112 Å². The highest BCUT2D eigenvalue weighted by atomic mass is 16.4. The molecule has 0 fully saturated rings. The first kappa shape index (κ1) is 15.0. The maximum absolute atomic E-state index is 11.7. The van der Waals surface area contributed by atoms with E-state index in [4.69, 9.17) is 5.11 Å². The molecule has 0 aliphatic heterocycles. The van der Waals surface area contributed by atoms with Crippen molar-refractivity contribution in [2.45, 2.75) is 38.6 Å². The fourth-order valence-electron chi connectivity index (χ4n) is 1.76. The molecule has 3 N–H and O–H groups in total. The van der Waals surface area contributed by atoms with Crippen LogP contribution in [0.15, 0.2) is 24.3 Å². The van der Waals surface area contributed by atoms with Crippen molar-refractivity contribution in [1.82, 2.24) is 5.32 Å². The Bertz CT molecular complexity index is 445. The van der Waals surface area contributed by atoms with Crippen LogP contribution in [0.5, 0.6) is 5.75 Å². The van der Waals surface area contributed by atoms with E-state index in [1.165, 1.54) is 12.1 Å². The second kappa shape index (κ2) is 7.41. The molecule has 19 heavy (non-hydrogen) atoms. The first-order chi connectivity index (χ1) is 9.02. The predicted octanol–water partition coefficient (Wildman–Crippen LogP) is 1.69. The van der Waals surface area contributed by atoms with E-state index in [1.54, 1.807) is 12.1 Å². The molecule has 1 unspecified atom stereocenters. The van der Waals surface area contributed by atoms with Crippen LogP contribution in [-0.2, 0) is 16.0 Å². The average Bonchev–Trinajstić information content (AvgIpc) is 2.34. The van der Waals surface area contributed by atoms with Gasteiger partial charge >= 0.3 is 5.97 Å². The second-order valence-electron chi connectivity index (χ2n) is 4.45. The highest BCUT2D eigenvalue weighted by molar-refractivity contribution is 5.84. The third-order valence-corrected chi connectivity index (χ3v) is 2.75. The number of aliphatic carboxylic acids is 1. The highest BCUT2D eigenvalue weighted by Crippen LogP contribution is 2.11. The molecule has 0 aromatic heterocycles. The van der Waals surface area contributed by atoms with Crippen molar-refractivity contribution in [3.05, 3.63) is 29.8 Å². The first-order valence-corrected chi connectivity index (χ1v) is 6.33. The number of carbonyl (C=O) groups is 2. The molecule has 5 nitrogen and oxygen atoms in total. The normalized spacial score (nSPS) is 11.8. The molecule has 0 heterocycles. The number of nitrogens with one attached hydrogen (secondary N) is 1. The summed E-state index contributed by atoms with van der Waals surface area (Å²) in [4.78, 5) is 22.7. The number of hydrogen-bond donors (Lipinski definition) is 3. The van der Waals surface area contributed by atoms with Crippen LogP contribution in [0, 0.1) is 0 Å². The molecule has 1 rings (SSSR count). The summed E-state index contributed by atoms with van der Waals surface area (Å²) in [6.45, 7) is 1.97. The van der Waals surface area contributed by atoms with Gasteiger partial charge in [-0.1, -0.05) is 31.9 Å². The quantitative estimate of drug-likeness (QED) is 0.700. The van der Waals surface area contributed by atoms with Gasteiger partial charge in [0.1, 0.15) is 11.8 Å². The summed E-state index contributed by atoms with van der Waals surface area (Å²) in [6.07, 6.45) is 2.12. The lowest BCUT2D eigenvalue weighted by molar-refractivity contribution is -0.142. The van der Waals surface area contributed by atoms with E-state index in [0.717, 1.165) is 12.8 Å². The van der Waals surface area contributed by atoms with Crippen LogP contribution in [-0.4, -0.2) is 28.1 Å². The van der Waals surface area contributed by atoms with Gasteiger partial charge in [0, 0.05) is 0 Å². The molecule has 0 bridgehead atoms. The molecular weight excluding hydrogens is 246 g/mol. The standard InChI is InChI=1S/C14H19NO4/c1-2-3-7-12(14(18)19)15-13(17)9-10-5-4-6-11(16)8-10/h4-6,8,12,16H,2-3,7,9H2,1H3,(H,15,17)(H,18,19). The van der Waals surface area contributed by atoms with E-state index >= 15 is 0 Å². The lowest BCUT2D eigenvalue weighted by atomic mass is 10.1. The lowest BCUT2D eigenvalue weighted by Crippen LogP contribution is -2.41. The Morgan fingerprint density at radius 1 is 1.37 bits per heavy atom. The van der Waals surface area contributed by atoms with Gasteiger partial charge in [-0.3, -0.25) is 4.79 Å². The van der Waals surface area contributed by atoms with Crippen molar-refractivity contribution in [3.8, 4) is 5.75 Å². The molecule has 0 radical (unpaired) electrons. The third-order valence-electron chi connectivity index (χ3n) is 2.75. The summed E-state index contributed by atoms with van der Waals surface area (Å²) in [5.74, 6) is -1.28. The van der Waals surface area contributed by atoms with Gasteiger partial charge in [0.15, 0.2) is 0 Å². The predicted molar refractivity (Wildman–Crippen MR) is 70.9 cm³/mol. The molecule has 0 aliphatic carbocycles. The summed E-state index contributed by atoms with van der Waals surface area (Å²) in [7, 11) is 0. The van der Waals surface area contributed by atoms with Gasteiger partial charge in [0.2, 0.25) is 5.91 Å². The fourth-order valence-corrected chi connectivity index (χ4v) is 1.76. The van der Waals surface area contributed by atoms with Gasteiger partial charge in [-0.15, -0.1) is 0 Å². The first-order valence-electron chi connectivity index (χ1n) is 6.33. The summed E-state index contributed by atoms with van der Waals surface area (Å²) in [5.41, 5.74) is 0.650. The van der Waals surface area contributed by atoms with Crippen LogP contribution in [0.2, 0.25) is 0 Å². The Morgan fingerprint density at radius 2 is 2.11 bits per heavy atom. The molecule has 1 aromatic rings. The summed E-state index contributed by atoms with van der Waals surface area (Å²) >= 11 is 0. The fraction of sp³-hybridized carbons (Fsp3) is 0.429. The molecule has 1 amide bonds. The number of hydrogen-bond acceptors (Lipinski definition) is 3. The van der Waals surface area contributed by atoms with E-state index in [1.807, 2.05) is 6.92 Å². The number of carboxylic acid groups (broad SMARTS) is 1. The van der Waals surface area contributed by atoms with Gasteiger partial charge in [0.25, 0.3) is 0 Å².